The Morgan fingerprint density at radius 3 is 2.70 bits per heavy atom. The molecule has 0 aliphatic heterocycles. The molecule has 0 saturated carbocycles. The van der Waals surface area contributed by atoms with E-state index in [4.69, 9.17) is 32.5 Å². The number of benzene rings is 1. The van der Waals surface area contributed by atoms with Crippen molar-refractivity contribution < 1.29 is 19.0 Å². The summed E-state index contributed by atoms with van der Waals surface area (Å²) in [5.41, 5.74) is 11.0. The molecule has 1 aromatic carbocycles. The van der Waals surface area contributed by atoms with Crippen LogP contribution in [0.5, 0.6) is 11.5 Å². The van der Waals surface area contributed by atoms with Crippen LogP contribution in [-0.2, 0) is 9.53 Å². The molecule has 126 valence electrons. The number of halogens is 1. The zero-order valence-electron chi connectivity index (χ0n) is 13.1. The number of carbonyl (C=O) groups is 1. The first kappa shape index (κ1) is 18.6. The van der Waals surface area contributed by atoms with E-state index in [9.17, 15) is 4.79 Å². The number of guanidine groups is 1. The zero-order chi connectivity index (χ0) is 17.4. The van der Waals surface area contributed by atoms with Crippen molar-refractivity contribution in [1.29, 1.82) is 0 Å². The average molecular weight is 343 g/mol. The van der Waals surface area contributed by atoms with Gasteiger partial charge in [-0.1, -0.05) is 11.6 Å². The van der Waals surface area contributed by atoms with Gasteiger partial charge in [-0.25, -0.2) is 4.79 Å². The molecule has 0 spiro atoms. The second kappa shape index (κ2) is 8.84. The van der Waals surface area contributed by atoms with Gasteiger partial charge in [0, 0.05) is 5.56 Å². The van der Waals surface area contributed by atoms with Crippen LogP contribution >= 0.6 is 11.6 Å². The molecule has 1 unspecified atom stereocenters. The van der Waals surface area contributed by atoms with Gasteiger partial charge in [0.1, 0.15) is 0 Å². The highest BCUT2D eigenvalue weighted by Crippen LogP contribution is 2.37. The zero-order valence-corrected chi connectivity index (χ0v) is 13.8. The number of carbonyl (C=O) groups excluding carboxylic acids is 1. The Labute approximate surface area is 139 Å². The molecule has 0 aliphatic rings. The first-order valence-electron chi connectivity index (χ1n) is 6.71. The van der Waals surface area contributed by atoms with Crippen molar-refractivity contribution in [3.63, 3.8) is 0 Å². The van der Waals surface area contributed by atoms with Crippen LogP contribution < -0.4 is 20.9 Å². The summed E-state index contributed by atoms with van der Waals surface area (Å²) >= 11 is 6.20. The maximum absolute atomic E-state index is 11.5. The number of esters is 1. The summed E-state index contributed by atoms with van der Waals surface area (Å²) in [4.78, 5) is 11.5. The van der Waals surface area contributed by atoms with E-state index >= 15 is 0 Å². The first-order valence-corrected chi connectivity index (χ1v) is 7.09. The molecule has 1 rings (SSSR count). The maximum Gasteiger partial charge on any atom is 0.346 e. The summed E-state index contributed by atoms with van der Waals surface area (Å²) in [6.07, 6.45) is 0.569. The van der Waals surface area contributed by atoms with E-state index in [2.05, 4.69) is 14.9 Å². The third-order valence-corrected chi connectivity index (χ3v) is 2.82. The number of nitrogens with two attached hydrogens (primary N) is 2. The third kappa shape index (κ3) is 5.67. The SMILES string of the molecule is CCOc1cc(C=NN=C(N)N)cc(Cl)c1OC(C)C(=O)OC. The van der Waals surface area contributed by atoms with Crippen LogP contribution in [0.2, 0.25) is 5.02 Å². The van der Waals surface area contributed by atoms with Gasteiger partial charge in [0.2, 0.25) is 5.96 Å². The number of methoxy groups -OCH3 is 1. The number of ether oxygens (including phenoxy) is 3. The van der Waals surface area contributed by atoms with Gasteiger partial charge < -0.3 is 25.7 Å². The van der Waals surface area contributed by atoms with Crippen LogP contribution in [0.1, 0.15) is 19.4 Å². The Morgan fingerprint density at radius 1 is 1.43 bits per heavy atom. The number of rotatable bonds is 7. The molecule has 23 heavy (non-hydrogen) atoms. The van der Waals surface area contributed by atoms with Gasteiger partial charge in [0.05, 0.1) is 25.0 Å². The lowest BCUT2D eigenvalue weighted by atomic mass is 10.2. The highest BCUT2D eigenvalue weighted by molar-refractivity contribution is 6.32. The Hall–Kier alpha value is -2.48. The summed E-state index contributed by atoms with van der Waals surface area (Å²) in [7, 11) is 1.27. The molecule has 0 bridgehead atoms. The van der Waals surface area contributed by atoms with Crippen LogP contribution in [0.3, 0.4) is 0 Å². The maximum atomic E-state index is 11.5. The molecular weight excluding hydrogens is 324 g/mol. The number of hydrogen-bond donors (Lipinski definition) is 2. The summed E-state index contributed by atoms with van der Waals surface area (Å²) in [5, 5.41) is 7.44. The van der Waals surface area contributed by atoms with E-state index in [0.29, 0.717) is 17.9 Å². The van der Waals surface area contributed by atoms with Gasteiger partial charge in [-0.2, -0.15) is 5.10 Å². The molecule has 1 aromatic rings. The molecule has 1 atom stereocenters. The van der Waals surface area contributed by atoms with Crippen molar-refractivity contribution in [2.75, 3.05) is 13.7 Å². The fourth-order valence-corrected chi connectivity index (χ4v) is 1.86. The highest BCUT2D eigenvalue weighted by atomic mass is 35.5. The van der Waals surface area contributed by atoms with E-state index in [1.54, 1.807) is 19.1 Å². The van der Waals surface area contributed by atoms with Crippen molar-refractivity contribution in [1.82, 2.24) is 0 Å². The first-order chi connectivity index (χ1) is 10.9. The number of nitrogens with zero attached hydrogens (tertiary/aromatic N) is 2. The van der Waals surface area contributed by atoms with E-state index in [1.165, 1.54) is 13.3 Å². The van der Waals surface area contributed by atoms with Crippen LogP contribution in [0.25, 0.3) is 0 Å². The van der Waals surface area contributed by atoms with Gasteiger partial charge in [0.15, 0.2) is 17.6 Å². The van der Waals surface area contributed by atoms with E-state index in [-0.39, 0.29) is 16.7 Å². The molecule has 0 radical (unpaired) electrons. The minimum atomic E-state index is -0.835. The van der Waals surface area contributed by atoms with Gasteiger partial charge in [0.25, 0.3) is 0 Å². The second-order valence-electron chi connectivity index (χ2n) is 4.32. The lowest BCUT2D eigenvalue weighted by Gasteiger charge is -2.17. The van der Waals surface area contributed by atoms with Crippen LogP contribution in [0.4, 0.5) is 0 Å². The minimum Gasteiger partial charge on any atom is -0.490 e. The Kier molecular flexibility index (Phi) is 7.14. The molecular formula is C14H19ClN4O4. The van der Waals surface area contributed by atoms with Crippen LogP contribution in [0, 0.1) is 0 Å². The quantitative estimate of drug-likeness (QED) is 0.333. The molecule has 0 aliphatic carbocycles. The fourth-order valence-electron chi connectivity index (χ4n) is 1.59. The molecule has 9 heteroatoms. The van der Waals surface area contributed by atoms with E-state index in [1.807, 2.05) is 6.92 Å². The highest BCUT2D eigenvalue weighted by Gasteiger charge is 2.20. The Bertz CT molecular complexity index is 615. The fraction of sp³-hybridized carbons (Fsp3) is 0.357. The van der Waals surface area contributed by atoms with Gasteiger partial charge in [-0.15, -0.1) is 5.10 Å². The molecule has 0 heterocycles. The lowest BCUT2D eigenvalue weighted by Crippen LogP contribution is -2.25. The predicted molar refractivity (Wildman–Crippen MR) is 88.1 cm³/mol. The Morgan fingerprint density at radius 2 is 2.13 bits per heavy atom. The van der Waals surface area contributed by atoms with Gasteiger partial charge >= 0.3 is 5.97 Å². The topological polar surface area (TPSA) is 122 Å². The van der Waals surface area contributed by atoms with Crippen LogP contribution in [0.15, 0.2) is 22.3 Å². The molecule has 0 fully saturated rings. The lowest BCUT2D eigenvalue weighted by molar-refractivity contribution is -0.147. The summed E-state index contributed by atoms with van der Waals surface area (Å²) in [6.45, 7) is 3.74. The Balaban J connectivity index is 3.13. The van der Waals surface area contributed by atoms with Crippen molar-refractivity contribution >= 4 is 29.7 Å². The standard InChI is InChI=1S/C14H19ClN4O4/c1-4-22-11-6-9(7-18-19-14(16)17)5-10(15)12(11)23-8(2)13(20)21-3/h5-8H,4H2,1-3H3,(H4,16,17,19). The summed E-state index contributed by atoms with van der Waals surface area (Å²) < 4.78 is 15.6. The van der Waals surface area contributed by atoms with Crippen molar-refractivity contribution in [2.45, 2.75) is 20.0 Å². The number of hydrogen-bond acceptors (Lipinski definition) is 6. The molecule has 0 aromatic heterocycles. The van der Waals surface area contributed by atoms with Gasteiger partial charge in [-0.3, -0.25) is 0 Å². The average Bonchev–Trinajstić information content (AvgIpc) is 2.49. The predicted octanol–water partition coefficient (Wildman–Crippen LogP) is 1.29. The van der Waals surface area contributed by atoms with E-state index < -0.39 is 12.1 Å². The van der Waals surface area contributed by atoms with Crippen molar-refractivity contribution in [2.24, 2.45) is 21.7 Å². The van der Waals surface area contributed by atoms with Gasteiger partial charge in [-0.05, 0) is 26.0 Å². The summed E-state index contributed by atoms with van der Waals surface area (Å²) in [5.74, 6) is -0.0848. The molecule has 8 nitrogen and oxygen atoms in total. The van der Waals surface area contributed by atoms with E-state index in [0.717, 1.165) is 0 Å². The van der Waals surface area contributed by atoms with Crippen molar-refractivity contribution in [3.05, 3.63) is 22.7 Å². The summed E-state index contributed by atoms with van der Waals surface area (Å²) in [6, 6.07) is 3.22. The van der Waals surface area contributed by atoms with Crippen molar-refractivity contribution in [3.8, 4) is 11.5 Å². The minimum absolute atomic E-state index is 0.163. The monoisotopic (exact) mass is 342 g/mol. The smallest absolute Gasteiger partial charge is 0.346 e. The third-order valence-electron chi connectivity index (χ3n) is 2.54. The normalized spacial score (nSPS) is 11.8. The molecule has 0 saturated heterocycles. The largest absolute Gasteiger partial charge is 0.490 e. The van der Waals surface area contributed by atoms with Crippen LogP contribution in [-0.4, -0.2) is 38.0 Å². The molecule has 0 amide bonds. The second-order valence-corrected chi connectivity index (χ2v) is 4.72. The molecule has 4 N–H and O–H groups in total.